The van der Waals surface area contributed by atoms with E-state index in [0.29, 0.717) is 12.0 Å². The topological polar surface area (TPSA) is 63.6 Å². The SMILES string of the molecule is CCOC(=O)[C@]1(CC)C(=O)C(O)=C(C)[C@@H]1C(C)C. The third-order valence-electron chi connectivity index (χ3n) is 3.86. The molecule has 0 saturated heterocycles. The molecule has 102 valence electrons. The molecule has 1 aliphatic rings. The molecule has 0 aromatic carbocycles. The summed E-state index contributed by atoms with van der Waals surface area (Å²) in [5.41, 5.74) is -0.636. The third-order valence-corrected chi connectivity index (χ3v) is 3.86. The van der Waals surface area contributed by atoms with Crippen molar-refractivity contribution in [1.29, 1.82) is 0 Å². The number of allylic oxidation sites excluding steroid dienone is 2. The van der Waals surface area contributed by atoms with Gasteiger partial charge in [0, 0.05) is 5.92 Å². The van der Waals surface area contributed by atoms with E-state index in [2.05, 4.69) is 0 Å². The van der Waals surface area contributed by atoms with Crippen molar-refractivity contribution in [1.82, 2.24) is 0 Å². The van der Waals surface area contributed by atoms with Gasteiger partial charge in [0.2, 0.25) is 5.78 Å². The molecule has 0 heterocycles. The number of carbonyl (C=O) groups is 2. The molecular weight excluding hydrogens is 232 g/mol. The van der Waals surface area contributed by atoms with Crippen LogP contribution in [0.1, 0.15) is 41.0 Å². The molecule has 2 atom stereocenters. The average molecular weight is 254 g/mol. The maximum absolute atomic E-state index is 12.3. The number of ketones is 1. The standard InChI is InChI=1S/C14H22O4/c1-6-14(13(17)18-7-2)10(8(3)4)9(5)11(15)12(14)16/h8,10,15H,6-7H2,1-5H3/t10-,14-/m0/s1. The number of Topliss-reactive ketones (excluding diaryl/α,β-unsaturated/α-hetero) is 1. The van der Waals surface area contributed by atoms with Gasteiger partial charge in [0.05, 0.1) is 6.61 Å². The maximum Gasteiger partial charge on any atom is 0.320 e. The molecule has 1 rings (SSSR count). The molecule has 4 heteroatoms. The van der Waals surface area contributed by atoms with Crippen LogP contribution in [0.15, 0.2) is 11.3 Å². The Labute approximate surface area is 108 Å². The normalized spacial score (nSPS) is 28.1. The summed E-state index contributed by atoms with van der Waals surface area (Å²) in [6.45, 7) is 9.35. The summed E-state index contributed by atoms with van der Waals surface area (Å²) in [4.78, 5) is 24.5. The number of carbonyl (C=O) groups excluding carboxylic acids is 2. The molecule has 18 heavy (non-hydrogen) atoms. The molecule has 0 aromatic rings. The van der Waals surface area contributed by atoms with Crippen LogP contribution in [0, 0.1) is 17.3 Å². The van der Waals surface area contributed by atoms with E-state index in [1.165, 1.54) is 0 Å². The Morgan fingerprint density at radius 2 is 2.00 bits per heavy atom. The van der Waals surface area contributed by atoms with Crippen molar-refractivity contribution >= 4 is 11.8 Å². The van der Waals surface area contributed by atoms with Gasteiger partial charge in [0.25, 0.3) is 0 Å². The smallest absolute Gasteiger partial charge is 0.320 e. The highest BCUT2D eigenvalue weighted by Gasteiger charge is 2.59. The van der Waals surface area contributed by atoms with Crippen molar-refractivity contribution in [3.63, 3.8) is 0 Å². The largest absolute Gasteiger partial charge is 0.504 e. The fourth-order valence-electron chi connectivity index (χ4n) is 3.12. The van der Waals surface area contributed by atoms with Gasteiger partial charge in [0.1, 0.15) is 5.41 Å². The Hall–Kier alpha value is -1.32. The Morgan fingerprint density at radius 3 is 2.39 bits per heavy atom. The molecule has 0 fully saturated rings. The minimum atomic E-state index is -1.24. The van der Waals surface area contributed by atoms with Gasteiger partial charge in [0.15, 0.2) is 5.76 Å². The second kappa shape index (κ2) is 5.12. The van der Waals surface area contributed by atoms with Crippen LogP contribution in [-0.4, -0.2) is 23.5 Å². The number of ether oxygens (including phenoxy) is 1. The first-order valence-electron chi connectivity index (χ1n) is 6.46. The molecule has 0 unspecified atom stereocenters. The van der Waals surface area contributed by atoms with Crippen molar-refractivity contribution in [3.05, 3.63) is 11.3 Å². The zero-order chi connectivity index (χ0) is 14.1. The molecule has 0 saturated carbocycles. The predicted octanol–water partition coefficient (Wildman–Crippen LogP) is 2.63. The van der Waals surface area contributed by atoms with E-state index >= 15 is 0 Å². The summed E-state index contributed by atoms with van der Waals surface area (Å²) in [6.07, 6.45) is 0.342. The number of rotatable bonds is 4. The number of aliphatic hydroxyl groups is 1. The zero-order valence-electron chi connectivity index (χ0n) is 11.7. The molecule has 1 N–H and O–H groups in total. The first kappa shape index (κ1) is 14.7. The number of hydrogen-bond acceptors (Lipinski definition) is 4. The van der Waals surface area contributed by atoms with Gasteiger partial charge in [-0.05, 0) is 31.8 Å². The van der Waals surface area contributed by atoms with Gasteiger partial charge in [-0.2, -0.15) is 0 Å². The van der Waals surface area contributed by atoms with Gasteiger partial charge >= 0.3 is 5.97 Å². The van der Waals surface area contributed by atoms with Gasteiger partial charge in [-0.15, -0.1) is 0 Å². The molecule has 0 bridgehead atoms. The first-order valence-corrected chi connectivity index (χ1v) is 6.46. The van der Waals surface area contributed by atoms with Crippen molar-refractivity contribution in [2.24, 2.45) is 17.3 Å². The van der Waals surface area contributed by atoms with Crippen LogP contribution in [0.4, 0.5) is 0 Å². The first-order chi connectivity index (χ1) is 8.34. The van der Waals surface area contributed by atoms with E-state index in [0.717, 1.165) is 0 Å². The summed E-state index contributed by atoms with van der Waals surface area (Å²) in [5.74, 6) is -1.46. The summed E-state index contributed by atoms with van der Waals surface area (Å²) in [7, 11) is 0. The second-order valence-corrected chi connectivity index (χ2v) is 5.13. The van der Waals surface area contributed by atoms with Crippen LogP contribution in [0.25, 0.3) is 0 Å². The lowest BCUT2D eigenvalue weighted by Gasteiger charge is -2.33. The fourth-order valence-corrected chi connectivity index (χ4v) is 3.12. The fraction of sp³-hybridized carbons (Fsp3) is 0.714. The summed E-state index contributed by atoms with van der Waals surface area (Å²) < 4.78 is 5.07. The van der Waals surface area contributed by atoms with Crippen molar-refractivity contribution in [2.75, 3.05) is 6.61 Å². The molecular formula is C14H22O4. The quantitative estimate of drug-likeness (QED) is 0.618. The van der Waals surface area contributed by atoms with Crippen LogP contribution in [0.5, 0.6) is 0 Å². The number of aliphatic hydroxyl groups excluding tert-OH is 1. The summed E-state index contributed by atoms with van der Waals surface area (Å²) in [6, 6.07) is 0. The Morgan fingerprint density at radius 1 is 1.44 bits per heavy atom. The lowest BCUT2D eigenvalue weighted by molar-refractivity contribution is -0.163. The van der Waals surface area contributed by atoms with E-state index < -0.39 is 17.2 Å². The average Bonchev–Trinajstić information content (AvgIpc) is 2.51. The lowest BCUT2D eigenvalue weighted by Crippen LogP contribution is -2.45. The van der Waals surface area contributed by atoms with Gasteiger partial charge in [-0.1, -0.05) is 20.8 Å². The van der Waals surface area contributed by atoms with Crippen LogP contribution in [-0.2, 0) is 14.3 Å². The minimum Gasteiger partial charge on any atom is -0.504 e. The van der Waals surface area contributed by atoms with Crippen LogP contribution < -0.4 is 0 Å². The van der Waals surface area contributed by atoms with E-state index in [1.54, 1.807) is 20.8 Å². The predicted molar refractivity (Wildman–Crippen MR) is 68.0 cm³/mol. The molecule has 0 radical (unpaired) electrons. The summed E-state index contributed by atoms with van der Waals surface area (Å²) in [5, 5.41) is 9.89. The van der Waals surface area contributed by atoms with E-state index in [1.807, 2.05) is 13.8 Å². The van der Waals surface area contributed by atoms with Gasteiger partial charge in [-0.3, -0.25) is 9.59 Å². The van der Waals surface area contributed by atoms with Crippen LogP contribution in [0.3, 0.4) is 0 Å². The van der Waals surface area contributed by atoms with Crippen molar-refractivity contribution in [3.8, 4) is 0 Å². The highest BCUT2D eigenvalue weighted by atomic mass is 16.5. The molecule has 0 aliphatic heterocycles. The number of hydrogen-bond donors (Lipinski definition) is 1. The van der Waals surface area contributed by atoms with E-state index in [9.17, 15) is 14.7 Å². The van der Waals surface area contributed by atoms with E-state index in [-0.39, 0.29) is 24.2 Å². The zero-order valence-corrected chi connectivity index (χ0v) is 11.7. The second-order valence-electron chi connectivity index (χ2n) is 5.13. The maximum atomic E-state index is 12.3. The Bertz CT molecular complexity index is 395. The molecule has 4 nitrogen and oxygen atoms in total. The molecule has 0 aromatic heterocycles. The van der Waals surface area contributed by atoms with Crippen molar-refractivity contribution in [2.45, 2.75) is 41.0 Å². The highest BCUT2D eigenvalue weighted by Crippen LogP contribution is 2.50. The van der Waals surface area contributed by atoms with Crippen LogP contribution in [0.2, 0.25) is 0 Å². The van der Waals surface area contributed by atoms with Gasteiger partial charge < -0.3 is 9.84 Å². The Balaban J connectivity index is 3.34. The molecule has 1 aliphatic carbocycles. The van der Waals surface area contributed by atoms with Gasteiger partial charge in [-0.25, -0.2) is 0 Å². The molecule has 0 amide bonds. The summed E-state index contributed by atoms with van der Waals surface area (Å²) >= 11 is 0. The lowest BCUT2D eigenvalue weighted by atomic mass is 9.68. The van der Waals surface area contributed by atoms with Crippen molar-refractivity contribution < 1.29 is 19.4 Å². The van der Waals surface area contributed by atoms with Crippen LogP contribution >= 0.6 is 0 Å². The minimum absolute atomic E-state index is 0.0861. The third kappa shape index (κ3) is 1.84. The monoisotopic (exact) mass is 254 g/mol. The number of esters is 1. The molecule has 0 spiro atoms. The van der Waals surface area contributed by atoms with E-state index in [4.69, 9.17) is 4.74 Å². The Kier molecular flexibility index (Phi) is 4.20. The highest BCUT2D eigenvalue weighted by molar-refractivity contribution is 6.14.